The van der Waals surface area contributed by atoms with Crippen LogP contribution in [-0.4, -0.2) is 57.9 Å². The number of carbonyl (C=O) groups is 2. The van der Waals surface area contributed by atoms with Crippen molar-refractivity contribution in [2.24, 2.45) is 12.8 Å². The van der Waals surface area contributed by atoms with Crippen molar-refractivity contribution in [1.29, 1.82) is 0 Å². The van der Waals surface area contributed by atoms with Crippen LogP contribution in [0.3, 0.4) is 0 Å². The third-order valence-electron chi connectivity index (χ3n) is 4.95. The van der Waals surface area contributed by atoms with E-state index in [0.717, 1.165) is 5.52 Å². The van der Waals surface area contributed by atoms with E-state index in [9.17, 15) is 14.0 Å². The van der Waals surface area contributed by atoms with Gasteiger partial charge in [0.2, 0.25) is 5.91 Å². The van der Waals surface area contributed by atoms with Gasteiger partial charge < -0.3 is 15.2 Å². The first kappa shape index (κ1) is 17.4. The number of aromatic nitrogens is 1. The molecule has 1 aromatic heterocycles. The highest BCUT2D eigenvalue weighted by molar-refractivity contribution is 6.00. The average Bonchev–Trinajstić information content (AvgIpc) is 2.89. The lowest BCUT2D eigenvalue weighted by atomic mass is 10.1. The van der Waals surface area contributed by atoms with Crippen molar-refractivity contribution in [3.05, 3.63) is 35.8 Å². The molecule has 0 spiro atoms. The van der Waals surface area contributed by atoms with Crippen molar-refractivity contribution in [3.63, 3.8) is 0 Å². The predicted molar refractivity (Wildman–Crippen MR) is 93.6 cm³/mol. The number of hydrogen-bond acceptors (Lipinski definition) is 3. The first-order valence-electron chi connectivity index (χ1n) is 8.39. The van der Waals surface area contributed by atoms with Crippen LogP contribution in [0, 0.1) is 5.82 Å². The summed E-state index contributed by atoms with van der Waals surface area (Å²) in [6.07, 6.45) is 0. The third-order valence-corrected chi connectivity index (χ3v) is 4.95. The minimum atomic E-state index is -0.668. The fourth-order valence-corrected chi connectivity index (χ4v) is 3.43. The number of hydrogen-bond donors (Lipinski definition) is 1. The highest BCUT2D eigenvalue weighted by atomic mass is 19.1. The lowest BCUT2D eigenvalue weighted by Gasteiger charge is -2.41. The highest BCUT2D eigenvalue weighted by Gasteiger charge is 2.36. The molecule has 2 amide bonds. The minimum absolute atomic E-state index is 0.258. The van der Waals surface area contributed by atoms with E-state index >= 15 is 0 Å². The SMILES string of the molecule is CC(C)N1CCN(C(=O)c2cc3cc(F)ccc3n2C)C(C(N)=O)C1. The third kappa shape index (κ3) is 3.11. The Labute approximate surface area is 146 Å². The zero-order valence-corrected chi connectivity index (χ0v) is 14.7. The summed E-state index contributed by atoms with van der Waals surface area (Å²) in [6, 6.07) is 5.67. The van der Waals surface area contributed by atoms with E-state index in [-0.39, 0.29) is 17.8 Å². The van der Waals surface area contributed by atoms with Crippen LogP contribution in [0.5, 0.6) is 0 Å². The summed E-state index contributed by atoms with van der Waals surface area (Å²) in [7, 11) is 1.76. The summed E-state index contributed by atoms with van der Waals surface area (Å²) in [4.78, 5) is 28.6. The molecule has 1 aliphatic heterocycles. The van der Waals surface area contributed by atoms with Crippen molar-refractivity contribution in [2.75, 3.05) is 19.6 Å². The number of fused-ring (bicyclic) bond motifs is 1. The molecule has 7 heteroatoms. The first-order chi connectivity index (χ1) is 11.8. The number of nitrogens with zero attached hydrogens (tertiary/aromatic N) is 3. The van der Waals surface area contributed by atoms with Gasteiger partial charge in [0.15, 0.2) is 0 Å². The molecule has 6 nitrogen and oxygen atoms in total. The van der Waals surface area contributed by atoms with Gasteiger partial charge in [0.05, 0.1) is 0 Å². The summed E-state index contributed by atoms with van der Waals surface area (Å²) in [5.74, 6) is -1.12. The molecule has 1 aromatic carbocycles. The van der Waals surface area contributed by atoms with Gasteiger partial charge in [0.1, 0.15) is 17.6 Å². The predicted octanol–water partition coefficient (Wildman–Crippen LogP) is 1.34. The van der Waals surface area contributed by atoms with Gasteiger partial charge in [0.25, 0.3) is 5.91 Å². The molecule has 0 bridgehead atoms. The number of piperazine rings is 1. The van der Waals surface area contributed by atoms with Gasteiger partial charge in [-0.2, -0.15) is 0 Å². The molecular weight excluding hydrogens is 323 g/mol. The quantitative estimate of drug-likeness (QED) is 0.912. The standard InChI is InChI=1S/C18H23FN4O2/c1-11(2)22-6-7-23(16(10-22)17(20)24)18(25)15-9-12-8-13(19)4-5-14(12)21(15)3/h4-5,8-9,11,16H,6-7,10H2,1-3H3,(H2,20,24). The summed E-state index contributed by atoms with van der Waals surface area (Å²) in [5.41, 5.74) is 6.74. The molecule has 0 aliphatic carbocycles. The fourth-order valence-electron chi connectivity index (χ4n) is 3.43. The molecule has 3 rings (SSSR count). The molecule has 1 unspecified atom stereocenters. The summed E-state index contributed by atoms with van der Waals surface area (Å²) < 4.78 is 15.2. The maximum absolute atomic E-state index is 13.4. The number of amides is 2. The van der Waals surface area contributed by atoms with Crippen molar-refractivity contribution < 1.29 is 14.0 Å². The van der Waals surface area contributed by atoms with Gasteiger partial charge in [0, 0.05) is 43.6 Å². The second-order valence-corrected chi connectivity index (χ2v) is 6.80. The Kier molecular flexibility index (Phi) is 4.51. The Morgan fingerprint density at radius 2 is 1.96 bits per heavy atom. The molecule has 1 fully saturated rings. The smallest absolute Gasteiger partial charge is 0.271 e. The van der Waals surface area contributed by atoms with Gasteiger partial charge in [-0.3, -0.25) is 14.5 Å². The lowest BCUT2D eigenvalue weighted by Crippen LogP contribution is -2.61. The van der Waals surface area contributed by atoms with E-state index in [0.29, 0.717) is 30.7 Å². The Morgan fingerprint density at radius 3 is 2.60 bits per heavy atom. The second kappa shape index (κ2) is 6.48. The second-order valence-electron chi connectivity index (χ2n) is 6.80. The van der Waals surface area contributed by atoms with Crippen molar-refractivity contribution in [3.8, 4) is 0 Å². The van der Waals surface area contributed by atoms with Gasteiger partial charge in [-0.05, 0) is 38.1 Å². The molecule has 0 radical (unpaired) electrons. The molecule has 2 aromatic rings. The van der Waals surface area contributed by atoms with Crippen LogP contribution < -0.4 is 5.73 Å². The van der Waals surface area contributed by atoms with Crippen molar-refractivity contribution >= 4 is 22.7 Å². The van der Waals surface area contributed by atoms with Gasteiger partial charge >= 0.3 is 0 Å². The first-order valence-corrected chi connectivity index (χ1v) is 8.39. The van der Waals surface area contributed by atoms with Crippen LogP contribution in [0.4, 0.5) is 4.39 Å². The molecule has 1 aliphatic rings. The number of rotatable bonds is 3. The van der Waals surface area contributed by atoms with Gasteiger partial charge in [-0.25, -0.2) is 4.39 Å². The summed E-state index contributed by atoms with van der Waals surface area (Å²) >= 11 is 0. The van der Waals surface area contributed by atoms with Crippen LogP contribution in [0.25, 0.3) is 10.9 Å². The lowest BCUT2D eigenvalue weighted by molar-refractivity contribution is -0.124. The number of carbonyl (C=O) groups excluding carboxylic acids is 2. The number of aryl methyl sites for hydroxylation is 1. The molecule has 2 N–H and O–H groups in total. The normalized spacial score (nSPS) is 18.9. The van der Waals surface area contributed by atoms with E-state index in [1.165, 1.54) is 17.0 Å². The minimum Gasteiger partial charge on any atom is -0.368 e. The van der Waals surface area contributed by atoms with Gasteiger partial charge in [-0.15, -0.1) is 0 Å². The number of halogens is 1. The molecule has 0 saturated carbocycles. The summed E-state index contributed by atoms with van der Waals surface area (Å²) in [6.45, 7) is 5.64. The van der Waals surface area contributed by atoms with E-state index < -0.39 is 11.9 Å². The number of primary amides is 1. The van der Waals surface area contributed by atoms with Crippen molar-refractivity contribution in [1.82, 2.24) is 14.4 Å². The Bertz CT molecular complexity index is 830. The molecule has 1 atom stereocenters. The van der Waals surface area contributed by atoms with Crippen LogP contribution in [0.2, 0.25) is 0 Å². The Morgan fingerprint density at radius 1 is 1.24 bits per heavy atom. The zero-order valence-electron chi connectivity index (χ0n) is 14.7. The Hall–Kier alpha value is -2.41. The molecule has 1 saturated heterocycles. The van der Waals surface area contributed by atoms with Crippen LogP contribution >= 0.6 is 0 Å². The maximum atomic E-state index is 13.4. The number of nitrogens with two attached hydrogens (primary N) is 1. The Balaban J connectivity index is 1.94. The van der Waals surface area contributed by atoms with E-state index in [4.69, 9.17) is 5.73 Å². The van der Waals surface area contributed by atoms with Crippen LogP contribution in [-0.2, 0) is 11.8 Å². The zero-order chi connectivity index (χ0) is 18.3. The van der Waals surface area contributed by atoms with Crippen LogP contribution in [0.1, 0.15) is 24.3 Å². The molecule has 2 heterocycles. The fraction of sp³-hybridized carbons (Fsp3) is 0.444. The average molecular weight is 346 g/mol. The van der Waals surface area contributed by atoms with Gasteiger partial charge in [-0.1, -0.05) is 0 Å². The molecule has 134 valence electrons. The largest absolute Gasteiger partial charge is 0.368 e. The van der Waals surface area contributed by atoms with E-state index in [1.54, 1.807) is 23.7 Å². The maximum Gasteiger partial charge on any atom is 0.271 e. The highest BCUT2D eigenvalue weighted by Crippen LogP contribution is 2.23. The molecular formula is C18H23FN4O2. The molecule has 25 heavy (non-hydrogen) atoms. The van der Waals surface area contributed by atoms with Crippen molar-refractivity contribution in [2.45, 2.75) is 25.9 Å². The van der Waals surface area contributed by atoms with E-state index in [2.05, 4.69) is 4.90 Å². The monoisotopic (exact) mass is 346 g/mol. The van der Waals surface area contributed by atoms with Crippen LogP contribution in [0.15, 0.2) is 24.3 Å². The topological polar surface area (TPSA) is 71.6 Å². The number of benzene rings is 1. The summed E-state index contributed by atoms with van der Waals surface area (Å²) in [5, 5.41) is 0.655. The van der Waals surface area contributed by atoms with E-state index in [1.807, 2.05) is 13.8 Å².